The zero-order chi connectivity index (χ0) is 60.2. The summed E-state index contributed by atoms with van der Waals surface area (Å²) in [5.74, 6) is 9.09. The highest BCUT2D eigenvalue weighted by atomic mass is 15.5. The van der Waals surface area contributed by atoms with Crippen molar-refractivity contribution in [3.63, 3.8) is 0 Å². The van der Waals surface area contributed by atoms with Gasteiger partial charge in [0.1, 0.15) is 11.6 Å². The Kier molecular flexibility index (Phi) is 13.2. The van der Waals surface area contributed by atoms with Gasteiger partial charge in [0.2, 0.25) is 13.4 Å². The van der Waals surface area contributed by atoms with Crippen molar-refractivity contribution in [2.75, 3.05) is 0 Å². The average Bonchev–Trinajstić information content (AvgIpc) is 1.52. The number of benzene rings is 8. The van der Waals surface area contributed by atoms with Gasteiger partial charge in [0, 0.05) is 18.1 Å². The van der Waals surface area contributed by atoms with E-state index in [0.717, 1.165) is 23.7 Å². The van der Waals surface area contributed by atoms with Gasteiger partial charge in [-0.05, 0) is 188 Å². The van der Waals surface area contributed by atoms with Gasteiger partial charge < -0.3 is 14.7 Å². The van der Waals surface area contributed by atoms with E-state index in [0.29, 0.717) is 59.6 Å². The summed E-state index contributed by atoms with van der Waals surface area (Å²) in [5, 5.41) is 0. The van der Waals surface area contributed by atoms with Crippen LogP contribution in [0.15, 0.2) is 229 Å². The second-order valence-electron chi connectivity index (χ2n) is 31.6. The molecular formula is C86H89B2N3. The Morgan fingerprint density at radius 1 is 0.352 bits per heavy atom. The standard InChI is InChI=1S/C86H89B2N3/c1-86(2,3)63-52-72-83-73(53-63)88(78-70(58-36-18-8-19-37-58)50-62(55-30-12-5-13-31-55)51-71(78)59-38-20-9-21-39-59)80-65-43-23-25-47-75(65)90-82-67-45-27-41-60-40-26-44-66(76(60)67)81(82)89-74-46-24-22-42-64(74)79(84(89)91(83)85(80)90)87(72)77-68(56-32-14-6-15-33-56)48-61(54-28-10-4-11-29-54)49-69(77)57-34-16-7-17-35-57/h4-21,28-39,48-51,60,63-67,72-76,81-83H,22-27,40-47,52-53H2,1-3H3. The zero-order valence-corrected chi connectivity index (χ0v) is 54.0. The highest BCUT2D eigenvalue weighted by Gasteiger charge is 2.72. The van der Waals surface area contributed by atoms with Crippen molar-refractivity contribution in [3.8, 4) is 66.8 Å². The molecule has 5 heteroatoms. The first kappa shape index (κ1) is 55.4. The summed E-state index contributed by atoms with van der Waals surface area (Å²) in [7, 11) is 0. The number of rotatable bonds is 8. The molecule has 6 saturated carbocycles. The van der Waals surface area contributed by atoms with Crippen molar-refractivity contribution in [3.05, 3.63) is 229 Å². The maximum Gasteiger partial charge on any atom is 0.216 e. The van der Waals surface area contributed by atoms with E-state index in [9.17, 15) is 0 Å². The third kappa shape index (κ3) is 8.45. The van der Waals surface area contributed by atoms with Crippen molar-refractivity contribution < 1.29 is 0 Å². The second kappa shape index (κ2) is 21.7. The van der Waals surface area contributed by atoms with Crippen molar-refractivity contribution in [1.29, 1.82) is 0 Å². The molecule has 10 atom stereocenters. The third-order valence-electron chi connectivity index (χ3n) is 26.6. The molecule has 1 saturated heterocycles. The predicted octanol–water partition coefficient (Wildman–Crippen LogP) is 19.5. The van der Waals surface area contributed by atoms with E-state index in [1.165, 1.54) is 169 Å². The molecule has 8 aromatic carbocycles. The number of hydrogen-bond acceptors (Lipinski definition) is 3. The molecule has 0 N–H and O–H groups in total. The predicted molar refractivity (Wildman–Crippen MR) is 380 cm³/mol. The Morgan fingerprint density at radius 2 is 0.692 bits per heavy atom. The molecule has 454 valence electrons. The molecule has 10 unspecified atom stereocenters. The topological polar surface area (TPSA) is 9.72 Å². The summed E-state index contributed by atoms with van der Waals surface area (Å²) >= 11 is 0. The molecule has 0 bridgehead atoms. The lowest BCUT2D eigenvalue weighted by Crippen LogP contribution is -2.65. The van der Waals surface area contributed by atoms with Gasteiger partial charge in [-0.15, -0.1) is 0 Å². The van der Waals surface area contributed by atoms with Crippen LogP contribution in [-0.4, -0.2) is 58.3 Å². The fourth-order valence-electron chi connectivity index (χ4n) is 23.4. The van der Waals surface area contributed by atoms with Gasteiger partial charge in [-0.3, -0.25) is 0 Å². The Labute approximate surface area is 543 Å². The Morgan fingerprint density at radius 3 is 1.04 bits per heavy atom. The normalized spacial score (nSPS) is 30.8. The molecule has 8 aromatic rings. The smallest absolute Gasteiger partial charge is 0.216 e. The molecular weight excluding hydrogens is 1100 g/mol. The highest BCUT2D eigenvalue weighted by Crippen LogP contribution is 2.70. The molecule has 6 aliphatic carbocycles. The molecule has 11 aliphatic rings. The SMILES string of the molecule is CC(C)(C)C1CC2B(c3c(-c4ccccc4)cc(-c4ccccc4)cc3-c3ccccc3)C3=C4N5C6=C(B(c7c(-c8ccccc8)cc(-c8ccccc8)cc7-c7ccccc7)C(C1)C25)C1CCCCC1N6C1C2CCCC5CCCC(C52)C1N4C1CCCCC31. The molecule has 5 aliphatic heterocycles. The first-order chi connectivity index (χ1) is 44.9. The van der Waals surface area contributed by atoms with Crippen LogP contribution < -0.4 is 10.9 Å². The molecule has 5 heterocycles. The van der Waals surface area contributed by atoms with Gasteiger partial charge in [0.05, 0.1) is 12.1 Å². The van der Waals surface area contributed by atoms with Gasteiger partial charge in [-0.2, -0.15) is 0 Å². The van der Waals surface area contributed by atoms with Crippen LogP contribution in [0.1, 0.15) is 124 Å². The van der Waals surface area contributed by atoms with Crippen LogP contribution in [0.4, 0.5) is 0 Å². The quantitative estimate of drug-likeness (QED) is 0.140. The van der Waals surface area contributed by atoms with E-state index in [-0.39, 0.29) is 18.8 Å². The number of hydrogen-bond donors (Lipinski definition) is 0. The molecule has 0 amide bonds. The third-order valence-corrected chi connectivity index (χ3v) is 26.6. The van der Waals surface area contributed by atoms with E-state index in [1.807, 2.05) is 10.9 Å². The Balaban J connectivity index is 0.977. The van der Waals surface area contributed by atoms with E-state index in [2.05, 4.69) is 242 Å². The van der Waals surface area contributed by atoms with Crippen LogP contribution >= 0.6 is 0 Å². The summed E-state index contributed by atoms with van der Waals surface area (Å²) in [6, 6.07) is 83.4. The van der Waals surface area contributed by atoms with Crippen LogP contribution in [-0.2, 0) is 0 Å². The van der Waals surface area contributed by atoms with Crippen molar-refractivity contribution in [1.82, 2.24) is 14.7 Å². The first-order valence-corrected chi connectivity index (χ1v) is 36.4. The lowest BCUT2D eigenvalue weighted by Gasteiger charge is -2.61. The van der Waals surface area contributed by atoms with Crippen LogP contribution in [0.5, 0.6) is 0 Å². The fourth-order valence-corrected chi connectivity index (χ4v) is 23.4. The molecule has 19 rings (SSSR count). The minimum Gasteiger partial charge on any atom is -0.350 e. The molecule has 7 fully saturated rings. The van der Waals surface area contributed by atoms with Crippen LogP contribution in [0.3, 0.4) is 0 Å². The van der Waals surface area contributed by atoms with E-state index in [4.69, 9.17) is 0 Å². The monoisotopic (exact) mass is 1190 g/mol. The van der Waals surface area contributed by atoms with Crippen LogP contribution in [0.25, 0.3) is 66.8 Å². The minimum atomic E-state index is 0.0975. The fraction of sp³-hybridized carbons (Fsp3) is 0.395. The number of nitrogens with zero attached hydrogens (tertiary/aromatic N) is 3. The highest BCUT2D eigenvalue weighted by molar-refractivity contribution is 6.86. The van der Waals surface area contributed by atoms with Crippen LogP contribution in [0, 0.1) is 46.8 Å². The summed E-state index contributed by atoms with van der Waals surface area (Å²) in [6.45, 7) is 8.41. The van der Waals surface area contributed by atoms with Crippen molar-refractivity contribution >= 4 is 24.4 Å². The van der Waals surface area contributed by atoms with Gasteiger partial charge in [0.25, 0.3) is 0 Å². The molecule has 0 radical (unpaired) electrons. The maximum absolute atomic E-state index is 3.45. The van der Waals surface area contributed by atoms with Gasteiger partial charge in [0.15, 0.2) is 0 Å². The minimum absolute atomic E-state index is 0.0975. The largest absolute Gasteiger partial charge is 0.350 e. The Hall–Kier alpha value is -7.23. The molecule has 91 heavy (non-hydrogen) atoms. The van der Waals surface area contributed by atoms with E-state index >= 15 is 0 Å². The summed E-state index contributed by atoms with van der Waals surface area (Å²) in [6.07, 6.45) is 21.7. The molecule has 0 aromatic heterocycles. The van der Waals surface area contributed by atoms with Gasteiger partial charge >= 0.3 is 0 Å². The number of fused-ring (bicyclic) bond motifs is 11. The van der Waals surface area contributed by atoms with Crippen molar-refractivity contribution in [2.45, 2.75) is 165 Å². The van der Waals surface area contributed by atoms with Crippen molar-refractivity contribution in [2.24, 2.45) is 46.8 Å². The van der Waals surface area contributed by atoms with Gasteiger partial charge in [-0.25, -0.2) is 0 Å². The van der Waals surface area contributed by atoms with Crippen LogP contribution in [0.2, 0.25) is 11.6 Å². The van der Waals surface area contributed by atoms with E-state index in [1.54, 1.807) is 22.6 Å². The summed E-state index contributed by atoms with van der Waals surface area (Å²) in [4.78, 5) is 10.3. The average molecular weight is 1190 g/mol. The second-order valence-corrected chi connectivity index (χ2v) is 31.6. The lowest BCUT2D eigenvalue weighted by atomic mass is 9.19. The summed E-state index contributed by atoms with van der Waals surface area (Å²) < 4.78 is 0. The lowest BCUT2D eigenvalue weighted by molar-refractivity contribution is 0.0371. The Bertz CT molecular complexity index is 3760. The maximum atomic E-state index is 3.45. The molecule has 0 spiro atoms. The first-order valence-electron chi connectivity index (χ1n) is 36.4. The summed E-state index contributed by atoms with van der Waals surface area (Å²) in [5.41, 5.74) is 23.6. The van der Waals surface area contributed by atoms with E-state index < -0.39 is 0 Å². The zero-order valence-electron chi connectivity index (χ0n) is 54.0. The molecule has 3 nitrogen and oxygen atoms in total. The van der Waals surface area contributed by atoms with Gasteiger partial charge in [-0.1, -0.05) is 289 Å².